The topological polar surface area (TPSA) is 83.2 Å². The molecule has 6 heteroatoms. The molecule has 1 aromatic heterocycles. The summed E-state index contributed by atoms with van der Waals surface area (Å²) in [5.41, 5.74) is 0.364. The molecule has 0 spiro atoms. The Bertz CT molecular complexity index is 680. The molecular weight excluding hydrogens is 312 g/mol. The highest BCUT2D eigenvalue weighted by Crippen LogP contribution is 2.27. The van der Waals surface area contributed by atoms with Crippen molar-refractivity contribution in [1.29, 1.82) is 5.26 Å². The summed E-state index contributed by atoms with van der Waals surface area (Å²) in [5, 5.41) is 17.9. The van der Waals surface area contributed by atoms with Crippen molar-refractivity contribution in [3.63, 3.8) is 0 Å². The van der Waals surface area contributed by atoms with Crippen LogP contribution in [0.2, 0.25) is 0 Å². The fraction of sp³-hybridized carbons (Fsp3) is 0. The number of rotatable bonds is 3. The first-order chi connectivity index (χ1) is 9.10. The molecule has 0 saturated carbocycles. The predicted molar refractivity (Wildman–Crippen MR) is 70.1 cm³/mol. The molecule has 0 saturated heterocycles. The van der Waals surface area contributed by atoms with Gasteiger partial charge in [-0.2, -0.15) is 5.26 Å². The molecule has 0 aliphatic heterocycles. The van der Waals surface area contributed by atoms with Gasteiger partial charge < -0.3 is 9.84 Å². The molecule has 0 atom stereocenters. The fourth-order valence-electron chi connectivity index (χ4n) is 1.40. The minimum Gasteiger partial charge on any atom is -0.478 e. The normalized spacial score (nSPS) is 9.68. The van der Waals surface area contributed by atoms with Crippen LogP contribution in [0.1, 0.15) is 15.9 Å². The average Bonchev–Trinajstić information content (AvgIpc) is 2.41. The van der Waals surface area contributed by atoms with E-state index in [1.807, 2.05) is 6.07 Å². The molecule has 2 rings (SSSR count). The van der Waals surface area contributed by atoms with E-state index in [-0.39, 0.29) is 11.3 Å². The van der Waals surface area contributed by atoms with Gasteiger partial charge in [-0.1, -0.05) is 15.9 Å². The van der Waals surface area contributed by atoms with Crippen LogP contribution in [-0.2, 0) is 0 Å². The zero-order valence-electron chi connectivity index (χ0n) is 9.50. The second kappa shape index (κ2) is 5.50. The van der Waals surface area contributed by atoms with Crippen molar-refractivity contribution in [2.24, 2.45) is 0 Å². The van der Waals surface area contributed by atoms with E-state index in [0.717, 1.165) is 4.47 Å². The van der Waals surface area contributed by atoms with E-state index in [2.05, 4.69) is 20.9 Å². The summed E-state index contributed by atoms with van der Waals surface area (Å²) in [5.74, 6) is -0.483. The van der Waals surface area contributed by atoms with Crippen molar-refractivity contribution in [1.82, 2.24) is 4.98 Å². The van der Waals surface area contributed by atoms with Gasteiger partial charge in [0, 0.05) is 10.7 Å². The maximum absolute atomic E-state index is 10.8. The highest BCUT2D eigenvalue weighted by molar-refractivity contribution is 9.10. The van der Waals surface area contributed by atoms with Crippen molar-refractivity contribution in [3.05, 3.63) is 52.3 Å². The van der Waals surface area contributed by atoms with E-state index in [1.54, 1.807) is 18.2 Å². The summed E-state index contributed by atoms with van der Waals surface area (Å²) in [4.78, 5) is 14.6. The van der Waals surface area contributed by atoms with Gasteiger partial charge in [-0.15, -0.1) is 0 Å². The van der Waals surface area contributed by atoms with Gasteiger partial charge in [-0.05, 0) is 24.3 Å². The Morgan fingerprint density at radius 3 is 2.84 bits per heavy atom. The third kappa shape index (κ3) is 3.09. The molecular formula is C13H7BrN2O3. The van der Waals surface area contributed by atoms with Crippen LogP contribution in [0.15, 0.2) is 41.1 Å². The third-order valence-electron chi connectivity index (χ3n) is 2.25. The molecule has 0 amide bonds. The second-order valence-electron chi connectivity index (χ2n) is 3.57. The number of hydrogen-bond acceptors (Lipinski definition) is 4. The summed E-state index contributed by atoms with van der Waals surface area (Å²) in [6.45, 7) is 0. The Morgan fingerprint density at radius 2 is 2.16 bits per heavy atom. The minimum absolute atomic E-state index is 0.0214. The molecule has 94 valence electrons. The van der Waals surface area contributed by atoms with Crippen molar-refractivity contribution < 1.29 is 14.6 Å². The molecule has 0 aliphatic rings. The number of pyridine rings is 1. The highest BCUT2D eigenvalue weighted by atomic mass is 79.9. The van der Waals surface area contributed by atoms with E-state index in [4.69, 9.17) is 15.1 Å². The lowest BCUT2D eigenvalue weighted by atomic mass is 10.2. The number of aromatic carboxylic acids is 1. The minimum atomic E-state index is -1.09. The van der Waals surface area contributed by atoms with E-state index < -0.39 is 5.97 Å². The van der Waals surface area contributed by atoms with Crippen LogP contribution in [-0.4, -0.2) is 16.1 Å². The van der Waals surface area contributed by atoms with Gasteiger partial charge >= 0.3 is 5.97 Å². The summed E-state index contributed by atoms with van der Waals surface area (Å²) in [6, 6.07) is 8.31. The molecule has 5 nitrogen and oxygen atoms in total. The maximum Gasteiger partial charge on any atom is 0.337 e. The molecule has 1 N–H and O–H groups in total. The zero-order chi connectivity index (χ0) is 13.8. The molecule has 1 heterocycles. The molecule has 2 aromatic rings. The van der Waals surface area contributed by atoms with Crippen LogP contribution in [0, 0.1) is 11.3 Å². The molecule has 19 heavy (non-hydrogen) atoms. The second-order valence-corrected chi connectivity index (χ2v) is 4.48. The lowest BCUT2D eigenvalue weighted by Crippen LogP contribution is -1.98. The summed E-state index contributed by atoms with van der Waals surface area (Å²) in [7, 11) is 0. The smallest absolute Gasteiger partial charge is 0.337 e. The first-order valence-electron chi connectivity index (χ1n) is 5.16. The number of benzene rings is 1. The van der Waals surface area contributed by atoms with Gasteiger partial charge in [0.2, 0.25) is 0 Å². The van der Waals surface area contributed by atoms with Crippen molar-refractivity contribution >= 4 is 21.9 Å². The van der Waals surface area contributed by atoms with Crippen LogP contribution >= 0.6 is 15.9 Å². The summed E-state index contributed by atoms with van der Waals surface area (Å²) < 4.78 is 6.24. The van der Waals surface area contributed by atoms with E-state index in [9.17, 15) is 4.79 Å². The van der Waals surface area contributed by atoms with Crippen LogP contribution in [0.4, 0.5) is 0 Å². The monoisotopic (exact) mass is 318 g/mol. The number of hydrogen-bond donors (Lipinski definition) is 1. The van der Waals surface area contributed by atoms with E-state index in [0.29, 0.717) is 11.3 Å². The fourth-order valence-corrected chi connectivity index (χ4v) is 1.76. The number of nitriles is 1. The van der Waals surface area contributed by atoms with Gasteiger partial charge in [0.25, 0.3) is 0 Å². The van der Waals surface area contributed by atoms with Crippen molar-refractivity contribution in [3.8, 4) is 17.6 Å². The van der Waals surface area contributed by atoms with Gasteiger partial charge in [-0.25, -0.2) is 4.79 Å². The maximum atomic E-state index is 10.8. The zero-order valence-corrected chi connectivity index (χ0v) is 11.1. The predicted octanol–water partition coefficient (Wildman–Crippen LogP) is 3.21. The number of ether oxygens (including phenoxy) is 1. The Morgan fingerprint density at radius 1 is 1.37 bits per heavy atom. The Hall–Kier alpha value is -2.39. The molecule has 0 radical (unpaired) electrons. The van der Waals surface area contributed by atoms with Gasteiger partial charge in [-0.3, -0.25) is 4.98 Å². The third-order valence-corrected chi connectivity index (χ3v) is 2.74. The largest absolute Gasteiger partial charge is 0.478 e. The van der Waals surface area contributed by atoms with E-state index in [1.165, 1.54) is 18.5 Å². The average molecular weight is 319 g/mol. The van der Waals surface area contributed by atoms with Gasteiger partial charge in [0.05, 0.1) is 17.3 Å². The Balaban J connectivity index is 2.34. The first kappa shape index (κ1) is 13.1. The number of halogens is 1. The van der Waals surface area contributed by atoms with Crippen LogP contribution in [0.25, 0.3) is 0 Å². The standard InChI is InChI=1S/C13H7BrN2O3/c14-10-1-2-12(8(3-10)5-15)19-11-4-9(13(17)18)6-16-7-11/h1-4,6-7H,(H,17,18). The van der Waals surface area contributed by atoms with Crippen molar-refractivity contribution in [2.45, 2.75) is 0 Å². The lowest BCUT2D eigenvalue weighted by molar-refractivity contribution is 0.0696. The first-order valence-corrected chi connectivity index (χ1v) is 5.95. The van der Waals surface area contributed by atoms with Gasteiger partial charge in [0.15, 0.2) is 0 Å². The van der Waals surface area contributed by atoms with Crippen LogP contribution in [0.3, 0.4) is 0 Å². The lowest BCUT2D eigenvalue weighted by Gasteiger charge is -2.07. The Labute approximate surface area is 117 Å². The molecule has 0 aliphatic carbocycles. The molecule has 1 aromatic carbocycles. The number of carboxylic acids is 1. The molecule has 0 unspecified atom stereocenters. The van der Waals surface area contributed by atoms with Crippen LogP contribution in [0.5, 0.6) is 11.5 Å². The van der Waals surface area contributed by atoms with Gasteiger partial charge in [0.1, 0.15) is 17.6 Å². The SMILES string of the molecule is N#Cc1cc(Br)ccc1Oc1cncc(C(=O)O)c1. The molecule has 0 fully saturated rings. The number of carbonyl (C=O) groups is 1. The summed E-state index contributed by atoms with van der Waals surface area (Å²) >= 11 is 3.26. The quantitative estimate of drug-likeness (QED) is 0.939. The van der Waals surface area contributed by atoms with Crippen LogP contribution < -0.4 is 4.74 Å². The Kier molecular flexibility index (Phi) is 3.78. The number of aromatic nitrogens is 1. The molecule has 0 bridgehead atoms. The number of nitrogens with zero attached hydrogens (tertiary/aromatic N) is 2. The summed E-state index contributed by atoms with van der Waals surface area (Å²) in [6.07, 6.45) is 2.61. The van der Waals surface area contributed by atoms with E-state index >= 15 is 0 Å². The highest BCUT2D eigenvalue weighted by Gasteiger charge is 2.08. The van der Waals surface area contributed by atoms with Crippen molar-refractivity contribution in [2.75, 3.05) is 0 Å². The number of carboxylic acid groups (broad SMARTS) is 1.